The van der Waals surface area contributed by atoms with Crippen molar-refractivity contribution in [3.05, 3.63) is 0 Å². The summed E-state index contributed by atoms with van der Waals surface area (Å²) in [4.78, 5) is 10.6. The van der Waals surface area contributed by atoms with Gasteiger partial charge in [-0.1, -0.05) is 12.8 Å². The topological polar surface area (TPSA) is 58.6 Å². The number of hydrogen-bond acceptors (Lipinski definition) is 3. The maximum atomic E-state index is 10.6. The molecule has 0 radical (unpaired) electrons. The fourth-order valence-corrected chi connectivity index (χ4v) is 0.884. The predicted molar refractivity (Wildman–Crippen MR) is 49.3 cm³/mol. The quantitative estimate of drug-likeness (QED) is 0.576. The minimum absolute atomic E-state index is 0.119. The molecule has 74 valence electrons. The Kier molecular flexibility index (Phi) is 5.94. The molecule has 2 atom stereocenters. The van der Waals surface area contributed by atoms with Crippen LogP contribution in [-0.2, 0) is 9.53 Å². The van der Waals surface area contributed by atoms with Crippen molar-refractivity contribution in [2.75, 3.05) is 13.7 Å². The zero-order chi connectivity index (χ0) is 10.3. The third-order valence-corrected chi connectivity index (χ3v) is 1.64. The van der Waals surface area contributed by atoms with E-state index in [1.807, 2.05) is 6.92 Å². The fraction of sp³-hybridized carbons (Fsp3) is 0.667. The van der Waals surface area contributed by atoms with Gasteiger partial charge in [-0.05, 0) is 6.42 Å². The first kappa shape index (κ1) is 11.9. The number of terminal acetylenes is 1. The summed E-state index contributed by atoms with van der Waals surface area (Å²) in [6.07, 6.45) is 5.88. The molecule has 0 fully saturated rings. The van der Waals surface area contributed by atoms with Crippen LogP contribution in [0.1, 0.15) is 13.3 Å². The smallest absolute Gasteiger partial charge is 0.323 e. The zero-order valence-electron chi connectivity index (χ0n) is 7.91. The van der Waals surface area contributed by atoms with Gasteiger partial charge in [0, 0.05) is 7.11 Å². The first-order valence-corrected chi connectivity index (χ1v) is 4.09. The summed E-state index contributed by atoms with van der Waals surface area (Å²) >= 11 is 0. The highest BCUT2D eigenvalue weighted by Crippen LogP contribution is 1.93. The lowest BCUT2D eigenvalue weighted by Gasteiger charge is -2.17. The molecule has 13 heavy (non-hydrogen) atoms. The van der Waals surface area contributed by atoms with Gasteiger partial charge in [-0.3, -0.25) is 10.1 Å². The van der Waals surface area contributed by atoms with E-state index in [0.717, 1.165) is 0 Å². The van der Waals surface area contributed by atoms with Crippen molar-refractivity contribution >= 4 is 5.97 Å². The van der Waals surface area contributed by atoms with Crippen LogP contribution in [0, 0.1) is 12.3 Å². The second-order valence-electron chi connectivity index (χ2n) is 2.64. The van der Waals surface area contributed by atoms with Crippen LogP contribution in [0.15, 0.2) is 0 Å². The normalized spacial score (nSPS) is 14.5. The number of carboxylic acid groups (broad SMARTS) is 1. The van der Waals surface area contributed by atoms with E-state index >= 15 is 0 Å². The molecule has 0 saturated heterocycles. The van der Waals surface area contributed by atoms with Crippen LogP contribution >= 0.6 is 0 Å². The highest BCUT2D eigenvalue weighted by molar-refractivity contribution is 5.73. The second-order valence-corrected chi connectivity index (χ2v) is 2.64. The van der Waals surface area contributed by atoms with Crippen LogP contribution in [-0.4, -0.2) is 36.9 Å². The lowest BCUT2D eigenvalue weighted by Crippen LogP contribution is -2.45. The van der Waals surface area contributed by atoms with Crippen molar-refractivity contribution in [1.82, 2.24) is 5.32 Å². The number of methoxy groups -OCH3 is 1. The number of aliphatic carboxylic acids is 1. The van der Waals surface area contributed by atoms with E-state index in [2.05, 4.69) is 11.2 Å². The van der Waals surface area contributed by atoms with Crippen molar-refractivity contribution in [1.29, 1.82) is 0 Å². The van der Waals surface area contributed by atoms with Gasteiger partial charge >= 0.3 is 5.97 Å². The molecule has 0 aliphatic carbocycles. The Morgan fingerprint density at radius 1 is 1.77 bits per heavy atom. The van der Waals surface area contributed by atoms with E-state index < -0.39 is 12.0 Å². The number of ether oxygens (including phenoxy) is 1. The third kappa shape index (κ3) is 4.51. The van der Waals surface area contributed by atoms with E-state index in [4.69, 9.17) is 16.3 Å². The summed E-state index contributed by atoms with van der Waals surface area (Å²) in [6.45, 7) is 2.01. The SMILES string of the molecule is C#CC(CC)NC(COC)C(=O)O. The molecule has 0 rings (SSSR count). The minimum Gasteiger partial charge on any atom is -0.480 e. The van der Waals surface area contributed by atoms with E-state index in [-0.39, 0.29) is 12.6 Å². The molecule has 0 aromatic carbocycles. The van der Waals surface area contributed by atoms with Crippen LogP contribution < -0.4 is 5.32 Å². The largest absolute Gasteiger partial charge is 0.480 e. The molecule has 0 saturated carbocycles. The summed E-state index contributed by atoms with van der Waals surface area (Å²) in [5.41, 5.74) is 0. The van der Waals surface area contributed by atoms with Crippen molar-refractivity contribution in [3.8, 4) is 12.3 Å². The predicted octanol–water partition coefficient (Wildman–Crippen LogP) is 0.0874. The van der Waals surface area contributed by atoms with Gasteiger partial charge in [0.25, 0.3) is 0 Å². The van der Waals surface area contributed by atoms with Crippen LogP contribution in [0.2, 0.25) is 0 Å². The first-order chi connectivity index (χ1) is 6.15. The summed E-state index contributed by atoms with van der Waals surface area (Å²) in [6, 6.07) is -0.942. The molecule has 0 aliphatic heterocycles. The Bertz CT molecular complexity index is 198. The van der Waals surface area contributed by atoms with E-state index in [1.54, 1.807) is 0 Å². The number of rotatable bonds is 6. The van der Waals surface area contributed by atoms with Crippen LogP contribution in [0.5, 0.6) is 0 Å². The van der Waals surface area contributed by atoms with E-state index in [9.17, 15) is 4.79 Å². The second kappa shape index (κ2) is 6.46. The molecule has 0 aromatic heterocycles. The van der Waals surface area contributed by atoms with Gasteiger partial charge in [-0.2, -0.15) is 0 Å². The van der Waals surface area contributed by atoms with Gasteiger partial charge in [0.05, 0.1) is 12.6 Å². The Morgan fingerprint density at radius 2 is 2.38 bits per heavy atom. The van der Waals surface area contributed by atoms with E-state index in [0.29, 0.717) is 6.42 Å². The van der Waals surface area contributed by atoms with Gasteiger partial charge in [-0.25, -0.2) is 0 Å². The Labute approximate surface area is 78.3 Å². The molecule has 0 bridgehead atoms. The van der Waals surface area contributed by atoms with E-state index in [1.165, 1.54) is 7.11 Å². The Morgan fingerprint density at radius 3 is 2.69 bits per heavy atom. The Hall–Kier alpha value is -1.05. The first-order valence-electron chi connectivity index (χ1n) is 4.09. The van der Waals surface area contributed by atoms with Gasteiger partial charge in [-0.15, -0.1) is 6.42 Å². The molecular formula is C9H15NO3. The van der Waals surface area contributed by atoms with Crippen molar-refractivity contribution in [2.24, 2.45) is 0 Å². The maximum absolute atomic E-state index is 10.6. The van der Waals surface area contributed by atoms with Crippen molar-refractivity contribution in [3.63, 3.8) is 0 Å². The zero-order valence-corrected chi connectivity index (χ0v) is 7.91. The van der Waals surface area contributed by atoms with Gasteiger partial charge in [0.1, 0.15) is 6.04 Å². The maximum Gasteiger partial charge on any atom is 0.323 e. The Balaban J connectivity index is 4.09. The average Bonchev–Trinajstić information content (AvgIpc) is 2.11. The summed E-state index contributed by atoms with van der Waals surface area (Å²) in [7, 11) is 1.45. The number of carbonyl (C=O) groups is 1. The van der Waals surface area contributed by atoms with Crippen LogP contribution in [0.4, 0.5) is 0 Å². The molecule has 4 nitrogen and oxygen atoms in total. The summed E-state index contributed by atoms with van der Waals surface area (Å²) in [5.74, 6) is 1.52. The molecule has 0 heterocycles. The molecular weight excluding hydrogens is 170 g/mol. The van der Waals surface area contributed by atoms with Crippen LogP contribution in [0.3, 0.4) is 0 Å². The average molecular weight is 185 g/mol. The standard InChI is InChI=1S/C9H15NO3/c1-4-7(5-2)10-8(6-13-3)9(11)12/h1,7-8,10H,5-6H2,2-3H3,(H,11,12). The highest BCUT2D eigenvalue weighted by atomic mass is 16.5. The van der Waals surface area contributed by atoms with Gasteiger partial charge in [0.2, 0.25) is 0 Å². The van der Waals surface area contributed by atoms with Crippen molar-refractivity contribution < 1.29 is 14.6 Å². The molecule has 2 N–H and O–H groups in total. The number of carboxylic acids is 1. The molecule has 0 aromatic rings. The summed E-state index contributed by atoms with van der Waals surface area (Å²) in [5, 5.41) is 11.5. The lowest BCUT2D eigenvalue weighted by molar-refractivity contribution is -0.141. The number of nitrogens with one attached hydrogen (secondary N) is 1. The third-order valence-electron chi connectivity index (χ3n) is 1.64. The highest BCUT2D eigenvalue weighted by Gasteiger charge is 2.19. The molecule has 0 aliphatic rings. The molecule has 2 unspecified atom stereocenters. The molecule has 4 heteroatoms. The minimum atomic E-state index is -0.949. The van der Waals surface area contributed by atoms with Crippen molar-refractivity contribution in [2.45, 2.75) is 25.4 Å². The fourth-order valence-electron chi connectivity index (χ4n) is 0.884. The molecule has 0 spiro atoms. The van der Waals surface area contributed by atoms with Crippen LogP contribution in [0.25, 0.3) is 0 Å². The summed E-state index contributed by atoms with van der Waals surface area (Å²) < 4.78 is 4.74. The van der Waals surface area contributed by atoms with Gasteiger partial charge < -0.3 is 9.84 Å². The lowest BCUT2D eigenvalue weighted by atomic mass is 10.2. The number of hydrogen-bond donors (Lipinski definition) is 2. The van der Waals surface area contributed by atoms with Gasteiger partial charge in [0.15, 0.2) is 0 Å². The molecule has 0 amide bonds. The monoisotopic (exact) mass is 185 g/mol.